The second-order valence-corrected chi connectivity index (χ2v) is 7.57. The molecule has 0 aromatic carbocycles. The van der Waals surface area contributed by atoms with Gasteiger partial charge in [-0.15, -0.1) is 0 Å². The Morgan fingerprint density at radius 1 is 0.913 bits per heavy atom. The Labute approximate surface area is 152 Å². The summed E-state index contributed by atoms with van der Waals surface area (Å²) in [6.45, 7) is 3.93. The van der Waals surface area contributed by atoms with Crippen LogP contribution in [0, 0.1) is 0 Å². The molecule has 3 nitrogen and oxygen atoms in total. The SMILES string of the molecule is CCCCCCCCCCCCCCCC(O)N1CCN=C1Br. The molecule has 1 atom stereocenters. The van der Waals surface area contributed by atoms with Crippen LogP contribution < -0.4 is 0 Å². The van der Waals surface area contributed by atoms with E-state index in [1.54, 1.807) is 0 Å². The minimum absolute atomic E-state index is 0.358. The number of halogens is 1. The second kappa shape index (κ2) is 14.3. The summed E-state index contributed by atoms with van der Waals surface area (Å²) in [6.07, 6.45) is 18.3. The van der Waals surface area contributed by atoms with Gasteiger partial charge in [0.2, 0.25) is 0 Å². The summed E-state index contributed by atoms with van der Waals surface area (Å²) in [5.74, 6) is 0. The van der Waals surface area contributed by atoms with Crippen molar-refractivity contribution in [1.82, 2.24) is 4.90 Å². The molecule has 1 heterocycles. The average molecular weight is 389 g/mol. The molecule has 0 aromatic rings. The van der Waals surface area contributed by atoms with Gasteiger partial charge in [0.15, 0.2) is 4.74 Å². The maximum atomic E-state index is 10.1. The molecule has 0 saturated heterocycles. The van der Waals surface area contributed by atoms with Gasteiger partial charge in [-0.25, -0.2) is 0 Å². The molecule has 1 N–H and O–H groups in total. The lowest BCUT2D eigenvalue weighted by Gasteiger charge is -2.23. The maximum Gasteiger partial charge on any atom is 0.170 e. The molecule has 1 unspecified atom stereocenters. The van der Waals surface area contributed by atoms with E-state index < -0.39 is 0 Å². The van der Waals surface area contributed by atoms with Crippen LogP contribution in [0.1, 0.15) is 96.8 Å². The normalized spacial score (nSPS) is 16.0. The largest absolute Gasteiger partial charge is 0.374 e. The fourth-order valence-corrected chi connectivity index (χ4v) is 3.80. The molecule has 1 aliphatic rings. The van der Waals surface area contributed by atoms with Crippen LogP contribution in [0.4, 0.5) is 0 Å². The Hall–Kier alpha value is -0.0900. The third kappa shape index (κ3) is 10.4. The number of unbranched alkanes of at least 4 members (excludes halogenated alkanes) is 12. The lowest BCUT2D eigenvalue weighted by atomic mass is 10.0. The molecule has 0 saturated carbocycles. The van der Waals surface area contributed by atoms with Gasteiger partial charge in [-0.1, -0.05) is 84.0 Å². The van der Waals surface area contributed by atoms with Crippen molar-refractivity contribution >= 4 is 20.7 Å². The second-order valence-electron chi connectivity index (χ2n) is 6.86. The number of nitrogens with zero attached hydrogens (tertiary/aromatic N) is 2. The van der Waals surface area contributed by atoms with E-state index in [9.17, 15) is 5.11 Å². The van der Waals surface area contributed by atoms with E-state index in [1.165, 1.54) is 77.0 Å². The quantitative estimate of drug-likeness (QED) is 0.282. The van der Waals surface area contributed by atoms with E-state index in [1.807, 2.05) is 4.90 Å². The molecule has 136 valence electrons. The number of aliphatic imine (C=N–C) groups is 1. The zero-order valence-corrected chi connectivity index (χ0v) is 16.7. The van der Waals surface area contributed by atoms with Crippen molar-refractivity contribution in [3.05, 3.63) is 0 Å². The fourth-order valence-electron chi connectivity index (χ4n) is 3.21. The molecule has 0 fully saturated rings. The summed E-state index contributed by atoms with van der Waals surface area (Å²) in [4.78, 5) is 6.21. The van der Waals surface area contributed by atoms with E-state index in [0.29, 0.717) is 0 Å². The van der Waals surface area contributed by atoms with Crippen LogP contribution in [0.2, 0.25) is 0 Å². The van der Waals surface area contributed by atoms with Gasteiger partial charge in [-0.05, 0) is 28.8 Å². The van der Waals surface area contributed by atoms with Crippen LogP contribution in [0.15, 0.2) is 4.99 Å². The number of hydrogen-bond donors (Lipinski definition) is 1. The van der Waals surface area contributed by atoms with Gasteiger partial charge >= 0.3 is 0 Å². The molecule has 0 aliphatic carbocycles. The van der Waals surface area contributed by atoms with Crippen LogP contribution in [0.25, 0.3) is 0 Å². The third-order valence-electron chi connectivity index (χ3n) is 4.75. The summed E-state index contributed by atoms with van der Waals surface area (Å²) < 4.78 is 0.819. The monoisotopic (exact) mass is 388 g/mol. The van der Waals surface area contributed by atoms with Crippen molar-refractivity contribution in [1.29, 1.82) is 0 Å². The molecular formula is C19H37BrN2O. The standard InChI is InChI=1S/C19H37BrN2O/c1-2-3-4-5-6-7-8-9-10-11-12-13-14-15-18(23)22-17-16-21-19(22)20/h18,23H,2-17H2,1H3. The maximum absolute atomic E-state index is 10.1. The first-order valence-corrected chi connectivity index (χ1v) is 10.7. The van der Waals surface area contributed by atoms with E-state index >= 15 is 0 Å². The molecule has 0 bridgehead atoms. The lowest BCUT2D eigenvalue weighted by Crippen LogP contribution is -2.35. The van der Waals surface area contributed by atoms with Gasteiger partial charge in [0.25, 0.3) is 0 Å². The Bertz CT molecular complexity index is 310. The van der Waals surface area contributed by atoms with Crippen molar-refractivity contribution in [2.75, 3.05) is 13.1 Å². The van der Waals surface area contributed by atoms with Crippen LogP contribution >= 0.6 is 15.9 Å². The van der Waals surface area contributed by atoms with Crippen molar-refractivity contribution in [2.45, 2.75) is 103 Å². The van der Waals surface area contributed by atoms with Crippen LogP contribution in [0.5, 0.6) is 0 Å². The fraction of sp³-hybridized carbons (Fsp3) is 0.947. The van der Waals surface area contributed by atoms with Gasteiger partial charge < -0.3 is 10.0 Å². The van der Waals surface area contributed by atoms with Gasteiger partial charge in [-0.2, -0.15) is 0 Å². The molecule has 1 aliphatic heterocycles. The number of aliphatic hydroxyl groups is 1. The predicted octanol–water partition coefficient (Wildman–Crippen LogP) is 5.85. The van der Waals surface area contributed by atoms with E-state index in [0.717, 1.165) is 30.7 Å². The number of rotatable bonds is 15. The molecule has 0 spiro atoms. The lowest BCUT2D eigenvalue weighted by molar-refractivity contribution is 0.0524. The van der Waals surface area contributed by atoms with Crippen molar-refractivity contribution < 1.29 is 5.11 Å². The molecule has 1 rings (SSSR count). The van der Waals surface area contributed by atoms with Crippen molar-refractivity contribution in [3.8, 4) is 0 Å². The highest BCUT2D eigenvalue weighted by molar-refractivity contribution is 9.18. The summed E-state index contributed by atoms with van der Waals surface area (Å²) in [5, 5.41) is 10.1. The molecule has 23 heavy (non-hydrogen) atoms. The van der Waals surface area contributed by atoms with Crippen LogP contribution in [-0.4, -0.2) is 34.1 Å². The number of hydrogen-bond acceptors (Lipinski definition) is 3. The zero-order valence-electron chi connectivity index (χ0n) is 15.1. The van der Waals surface area contributed by atoms with Crippen molar-refractivity contribution in [2.24, 2.45) is 4.99 Å². The molecule has 0 radical (unpaired) electrons. The smallest absolute Gasteiger partial charge is 0.170 e. The van der Waals surface area contributed by atoms with Crippen molar-refractivity contribution in [3.63, 3.8) is 0 Å². The highest BCUT2D eigenvalue weighted by atomic mass is 79.9. The summed E-state index contributed by atoms with van der Waals surface area (Å²) in [7, 11) is 0. The third-order valence-corrected chi connectivity index (χ3v) is 5.45. The Morgan fingerprint density at radius 3 is 1.83 bits per heavy atom. The Balaban J connectivity index is 1.79. The average Bonchev–Trinajstić information content (AvgIpc) is 2.98. The topological polar surface area (TPSA) is 35.8 Å². The summed E-state index contributed by atoms with van der Waals surface area (Å²) >= 11 is 3.40. The number of aliphatic hydroxyl groups excluding tert-OH is 1. The van der Waals surface area contributed by atoms with E-state index in [2.05, 4.69) is 27.8 Å². The Kier molecular flexibility index (Phi) is 13.0. The zero-order chi connectivity index (χ0) is 16.8. The highest BCUT2D eigenvalue weighted by Gasteiger charge is 2.20. The first-order chi connectivity index (χ1) is 11.3. The first-order valence-electron chi connectivity index (χ1n) is 9.90. The predicted molar refractivity (Wildman–Crippen MR) is 104 cm³/mol. The van der Waals surface area contributed by atoms with Gasteiger partial charge in [0.1, 0.15) is 6.23 Å². The van der Waals surface area contributed by atoms with Gasteiger partial charge in [-0.3, -0.25) is 4.99 Å². The summed E-state index contributed by atoms with van der Waals surface area (Å²) in [6, 6.07) is 0. The van der Waals surface area contributed by atoms with Gasteiger partial charge in [0, 0.05) is 6.54 Å². The molecule has 0 aromatic heterocycles. The molecule has 4 heteroatoms. The Morgan fingerprint density at radius 2 is 1.39 bits per heavy atom. The van der Waals surface area contributed by atoms with Crippen LogP contribution in [-0.2, 0) is 0 Å². The summed E-state index contributed by atoms with van der Waals surface area (Å²) in [5.41, 5.74) is 0. The first kappa shape index (κ1) is 21.0. The number of amidine groups is 1. The minimum Gasteiger partial charge on any atom is -0.374 e. The van der Waals surface area contributed by atoms with E-state index in [-0.39, 0.29) is 6.23 Å². The van der Waals surface area contributed by atoms with Gasteiger partial charge in [0.05, 0.1) is 6.54 Å². The molecular weight excluding hydrogens is 352 g/mol. The van der Waals surface area contributed by atoms with Crippen LogP contribution in [0.3, 0.4) is 0 Å². The highest BCUT2D eigenvalue weighted by Crippen LogP contribution is 2.16. The van der Waals surface area contributed by atoms with E-state index in [4.69, 9.17) is 0 Å². The minimum atomic E-state index is -0.358. The molecule has 0 amide bonds.